The van der Waals surface area contributed by atoms with Gasteiger partial charge in [0.2, 0.25) is 0 Å². The van der Waals surface area contributed by atoms with Gasteiger partial charge in [0.05, 0.1) is 5.92 Å². The maximum Gasteiger partial charge on any atom is 0.143 e. The molecule has 1 heterocycles. The molecule has 0 aliphatic heterocycles. The predicted molar refractivity (Wildman–Crippen MR) is 67.2 cm³/mol. The molecule has 2 aromatic rings. The summed E-state index contributed by atoms with van der Waals surface area (Å²) in [6.07, 6.45) is 3.82. The monoisotopic (exact) mass is 228 g/mol. The maximum atomic E-state index is 11.9. The Morgan fingerprint density at radius 2 is 2.18 bits per heavy atom. The molecule has 0 N–H and O–H groups in total. The Kier molecular flexibility index (Phi) is 2.50. The maximum absolute atomic E-state index is 11.9. The summed E-state index contributed by atoms with van der Waals surface area (Å²) in [7, 11) is 0. The van der Waals surface area contributed by atoms with Crippen LogP contribution in [0.25, 0.3) is 11.0 Å². The normalized spacial score (nSPS) is 21.0. The fourth-order valence-electron chi connectivity index (χ4n) is 2.68. The number of ketones is 1. The third kappa shape index (κ3) is 1.78. The van der Waals surface area contributed by atoms with Crippen molar-refractivity contribution in [2.24, 2.45) is 0 Å². The molecule has 88 valence electrons. The van der Waals surface area contributed by atoms with Crippen molar-refractivity contribution in [2.75, 3.05) is 0 Å². The second-order valence-corrected chi connectivity index (χ2v) is 4.91. The standard InChI is InChI=1S/C15H16O2/c1-10-5-4-6-11-9-14(17-15(10)11)12-7-2-3-8-13(12)16/h4-6,9,12H,2-3,7-8H2,1H3. The molecule has 1 atom stereocenters. The first-order valence-corrected chi connectivity index (χ1v) is 6.27. The Balaban J connectivity index is 2.05. The van der Waals surface area contributed by atoms with Gasteiger partial charge in [-0.3, -0.25) is 4.79 Å². The molecule has 2 heteroatoms. The molecule has 0 spiro atoms. The van der Waals surface area contributed by atoms with Crippen molar-refractivity contribution in [2.45, 2.75) is 38.5 Å². The first-order chi connectivity index (χ1) is 8.25. The van der Waals surface area contributed by atoms with Crippen LogP contribution in [0, 0.1) is 6.92 Å². The van der Waals surface area contributed by atoms with Gasteiger partial charge in [0.1, 0.15) is 17.1 Å². The van der Waals surface area contributed by atoms with Crippen molar-refractivity contribution in [3.05, 3.63) is 35.6 Å². The zero-order valence-electron chi connectivity index (χ0n) is 10.0. The zero-order valence-corrected chi connectivity index (χ0v) is 10.0. The van der Waals surface area contributed by atoms with Gasteiger partial charge in [-0.05, 0) is 31.4 Å². The highest BCUT2D eigenvalue weighted by molar-refractivity contribution is 5.88. The van der Waals surface area contributed by atoms with Crippen LogP contribution in [-0.4, -0.2) is 5.78 Å². The fourth-order valence-corrected chi connectivity index (χ4v) is 2.68. The van der Waals surface area contributed by atoms with Gasteiger partial charge in [0.25, 0.3) is 0 Å². The number of rotatable bonds is 1. The van der Waals surface area contributed by atoms with E-state index in [1.165, 1.54) is 0 Å². The number of furan rings is 1. The van der Waals surface area contributed by atoms with Crippen LogP contribution in [0.2, 0.25) is 0 Å². The molecule has 1 aliphatic rings. The summed E-state index contributed by atoms with van der Waals surface area (Å²) in [5.74, 6) is 1.20. The molecule has 0 radical (unpaired) electrons. The molecule has 0 bridgehead atoms. The Morgan fingerprint density at radius 3 is 2.94 bits per heavy atom. The number of carbonyl (C=O) groups is 1. The summed E-state index contributed by atoms with van der Waals surface area (Å²) in [6, 6.07) is 8.15. The average Bonchev–Trinajstić information content (AvgIpc) is 2.75. The third-order valence-electron chi connectivity index (χ3n) is 3.66. The lowest BCUT2D eigenvalue weighted by molar-refractivity contribution is -0.122. The minimum atomic E-state index is -0.00412. The van der Waals surface area contributed by atoms with Crippen molar-refractivity contribution in [1.29, 1.82) is 0 Å². The molecule has 3 rings (SSSR count). The summed E-state index contributed by atoms with van der Waals surface area (Å²) < 4.78 is 5.89. The summed E-state index contributed by atoms with van der Waals surface area (Å²) >= 11 is 0. The van der Waals surface area contributed by atoms with Crippen LogP contribution < -0.4 is 0 Å². The lowest BCUT2D eigenvalue weighted by Crippen LogP contribution is -2.16. The number of carbonyl (C=O) groups excluding carboxylic acids is 1. The van der Waals surface area contributed by atoms with Gasteiger partial charge in [0.15, 0.2) is 0 Å². The first-order valence-electron chi connectivity index (χ1n) is 6.27. The Hall–Kier alpha value is -1.57. The van der Waals surface area contributed by atoms with Crippen LogP contribution in [0.15, 0.2) is 28.7 Å². The molecule has 1 fully saturated rings. The van der Waals surface area contributed by atoms with E-state index in [2.05, 4.69) is 0 Å². The molecule has 1 aromatic heterocycles. The van der Waals surface area contributed by atoms with Crippen LogP contribution in [-0.2, 0) is 4.79 Å². The average molecular weight is 228 g/mol. The number of hydrogen-bond donors (Lipinski definition) is 0. The summed E-state index contributed by atoms with van der Waals surface area (Å²) in [4.78, 5) is 11.9. The number of benzene rings is 1. The van der Waals surface area contributed by atoms with E-state index in [0.717, 1.165) is 41.6 Å². The van der Waals surface area contributed by atoms with E-state index in [4.69, 9.17) is 4.42 Å². The van der Waals surface area contributed by atoms with E-state index in [-0.39, 0.29) is 5.92 Å². The van der Waals surface area contributed by atoms with Crippen LogP contribution in [0.4, 0.5) is 0 Å². The first kappa shape index (κ1) is 10.6. The molecule has 1 aliphatic carbocycles. The molecule has 0 saturated heterocycles. The van der Waals surface area contributed by atoms with Gasteiger partial charge >= 0.3 is 0 Å². The molecule has 1 unspecified atom stereocenters. The van der Waals surface area contributed by atoms with Gasteiger partial charge < -0.3 is 4.42 Å². The molecular formula is C15H16O2. The fraction of sp³-hybridized carbons (Fsp3) is 0.400. The van der Waals surface area contributed by atoms with E-state index in [1.54, 1.807) is 0 Å². The van der Waals surface area contributed by atoms with Crippen molar-refractivity contribution in [1.82, 2.24) is 0 Å². The summed E-state index contributed by atoms with van der Waals surface area (Å²) in [5.41, 5.74) is 2.07. The minimum absolute atomic E-state index is 0.00412. The quantitative estimate of drug-likeness (QED) is 0.739. The summed E-state index contributed by atoms with van der Waals surface area (Å²) in [6.45, 7) is 2.04. The van der Waals surface area contributed by atoms with Crippen LogP contribution in [0.3, 0.4) is 0 Å². The second-order valence-electron chi connectivity index (χ2n) is 4.91. The highest BCUT2D eigenvalue weighted by Gasteiger charge is 2.26. The third-order valence-corrected chi connectivity index (χ3v) is 3.66. The molecule has 2 nitrogen and oxygen atoms in total. The SMILES string of the molecule is Cc1cccc2cc(C3CCCCC3=O)oc12. The van der Waals surface area contributed by atoms with Crippen LogP contribution >= 0.6 is 0 Å². The molecular weight excluding hydrogens is 212 g/mol. The Morgan fingerprint density at radius 1 is 1.29 bits per heavy atom. The van der Waals surface area contributed by atoms with E-state index >= 15 is 0 Å². The molecule has 0 amide bonds. The van der Waals surface area contributed by atoms with Gasteiger partial charge in [-0.2, -0.15) is 0 Å². The summed E-state index contributed by atoms with van der Waals surface area (Å²) in [5, 5.41) is 1.11. The van der Waals surface area contributed by atoms with Crippen molar-refractivity contribution in [3.8, 4) is 0 Å². The highest BCUT2D eigenvalue weighted by Crippen LogP contribution is 2.34. The van der Waals surface area contributed by atoms with Gasteiger partial charge in [0, 0.05) is 11.8 Å². The largest absolute Gasteiger partial charge is 0.460 e. The van der Waals surface area contributed by atoms with Gasteiger partial charge in [-0.25, -0.2) is 0 Å². The Labute approximate surface area is 101 Å². The number of aryl methyl sites for hydroxylation is 1. The van der Waals surface area contributed by atoms with Gasteiger partial charge in [-0.1, -0.05) is 24.6 Å². The van der Waals surface area contributed by atoms with E-state index < -0.39 is 0 Å². The lowest BCUT2D eigenvalue weighted by atomic mass is 9.86. The number of para-hydroxylation sites is 1. The van der Waals surface area contributed by atoms with E-state index in [0.29, 0.717) is 12.2 Å². The van der Waals surface area contributed by atoms with E-state index in [1.807, 2.05) is 31.2 Å². The number of fused-ring (bicyclic) bond motifs is 1. The molecule has 1 aromatic carbocycles. The number of hydrogen-bond acceptors (Lipinski definition) is 2. The van der Waals surface area contributed by atoms with Crippen LogP contribution in [0.5, 0.6) is 0 Å². The van der Waals surface area contributed by atoms with Crippen molar-refractivity contribution < 1.29 is 9.21 Å². The molecule has 1 saturated carbocycles. The number of Topliss-reactive ketones (excluding diaryl/α,β-unsaturated/α-hetero) is 1. The Bertz CT molecular complexity index is 565. The topological polar surface area (TPSA) is 30.2 Å². The van der Waals surface area contributed by atoms with E-state index in [9.17, 15) is 4.79 Å². The van der Waals surface area contributed by atoms with Crippen molar-refractivity contribution >= 4 is 16.8 Å². The second kappa shape index (κ2) is 4.02. The smallest absolute Gasteiger partial charge is 0.143 e. The zero-order chi connectivity index (χ0) is 11.8. The van der Waals surface area contributed by atoms with Crippen molar-refractivity contribution in [3.63, 3.8) is 0 Å². The predicted octanol–water partition coefficient (Wildman–Crippen LogP) is 3.97. The highest BCUT2D eigenvalue weighted by atomic mass is 16.3. The molecule has 17 heavy (non-hydrogen) atoms. The van der Waals surface area contributed by atoms with Crippen LogP contribution in [0.1, 0.15) is 42.9 Å². The lowest BCUT2D eigenvalue weighted by Gasteiger charge is -2.17. The van der Waals surface area contributed by atoms with Gasteiger partial charge in [-0.15, -0.1) is 0 Å². The minimum Gasteiger partial charge on any atom is -0.460 e.